The number of hydrogen-bond acceptors (Lipinski definition) is 1. The predicted molar refractivity (Wildman–Crippen MR) is 63.5 cm³/mol. The van der Waals surface area contributed by atoms with E-state index in [4.69, 9.17) is 5.11 Å². The number of hydrogen-bond donors (Lipinski definition) is 2. The molecule has 0 aliphatic carbocycles. The first-order valence-electron chi connectivity index (χ1n) is 5.57. The van der Waals surface area contributed by atoms with E-state index in [1.54, 1.807) is 12.3 Å². The number of halogens is 1. The van der Waals surface area contributed by atoms with E-state index in [-0.39, 0.29) is 18.2 Å². The molecule has 0 aliphatic rings. The lowest BCUT2D eigenvalue weighted by Gasteiger charge is -2.09. The van der Waals surface area contributed by atoms with Crippen LogP contribution in [0, 0.1) is 5.82 Å². The summed E-state index contributed by atoms with van der Waals surface area (Å²) in [6, 6.07) is 4.88. The molecule has 2 N–H and O–H groups in total. The van der Waals surface area contributed by atoms with Crippen LogP contribution < -0.4 is 0 Å². The van der Waals surface area contributed by atoms with Gasteiger partial charge in [-0.3, -0.25) is 4.79 Å². The number of nitrogens with one attached hydrogen (secondary N) is 1. The molecule has 3 nitrogen and oxygen atoms in total. The van der Waals surface area contributed by atoms with Gasteiger partial charge in [-0.25, -0.2) is 4.39 Å². The largest absolute Gasteiger partial charge is 0.481 e. The zero-order valence-electron chi connectivity index (χ0n) is 9.53. The summed E-state index contributed by atoms with van der Waals surface area (Å²) in [5, 5.41) is 9.22. The quantitative estimate of drug-likeness (QED) is 0.854. The van der Waals surface area contributed by atoms with Gasteiger partial charge in [0.1, 0.15) is 5.82 Å². The van der Waals surface area contributed by atoms with Crippen LogP contribution in [0.2, 0.25) is 0 Å². The number of aliphatic carboxylic acids is 1. The number of aromatic amines is 1. The Bertz CT molecular complexity index is 547. The maximum atomic E-state index is 13.7. The number of carboxylic acids is 1. The Labute approximate surface area is 98.3 Å². The molecule has 17 heavy (non-hydrogen) atoms. The van der Waals surface area contributed by atoms with Crippen LogP contribution in [0.25, 0.3) is 10.9 Å². The fraction of sp³-hybridized carbons (Fsp3) is 0.308. The summed E-state index contributed by atoms with van der Waals surface area (Å²) >= 11 is 0. The predicted octanol–water partition coefficient (Wildman–Crippen LogP) is 3.28. The lowest BCUT2D eigenvalue weighted by Crippen LogP contribution is -2.00. The summed E-state index contributed by atoms with van der Waals surface area (Å²) < 4.78 is 13.7. The Morgan fingerprint density at radius 2 is 2.29 bits per heavy atom. The van der Waals surface area contributed by atoms with Crippen LogP contribution in [0.3, 0.4) is 0 Å². The first-order chi connectivity index (χ1) is 8.09. The second-order valence-corrected chi connectivity index (χ2v) is 4.24. The number of carbonyl (C=O) groups is 1. The van der Waals surface area contributed by atoms with Gasteiger partial charge in [-0.1, -0.05) is 13.0 Å². The third-order valence-electron chi connectivity index (χ3n) is 3.01. The molecule has 90 valence electrons. The maximum absolute atomic E-state index is 13.7. The Morgan fingerprint density at radius 1 is 1.53 bits per heavy atom. The van der Waals surface area contributed by atoms with Crippen molar-refractivity contribution < 1.29 is 14.3 Å². The van der Waals surface area contributed by atoms with Crippen LogP contribution in [0.1, 0.15) is 31.2 Å². The van der Waals surface area contributed by atoms with Crippen molar-refractivity contribution in [1.29, 1.82) is 0 Å². The molecular weight excluding hydrogens is 221 g/mol. The van der Waals surface area contributed by atoms with Gasteiger partial charge >= 0.3 is 5.97 Å². The summed E-state index contributed by atoms with van der Waals surface area (Å²) in [4.78, 5) is 13.5. The summed E-state index contributed by atoms with van der Waals surface area (Å²) in [6.07, 6.45) is 2.37. The average Bonchev–Trinajstić information content (AvgIpc) is 2.71. The van der Waals surface area contributed by atoms with Crippen LogP contribution in [-0.4, -0.2) is 16.1 Å². The Morgan fingerprint density at radius 3 is 3.00 bits per heavy atom. The SMILES string of the molecule is CC(CCC(=O)O)c1c[nH]c2cccc(F)c12. The van der Waals surface area contributed by atoms with Crippen LogP contribution in [0.5, 0.6) is 0 Å². The van der Waals surface area contributed by atoms with Gasteiger partial charge in [0.05, 0.1) is 0 Å². The van der Waals surface area contributed by atoms with Crippen LogP contribution in [0.15, 0.2) is 24.4 Å². The van der Waals surface area contributed by atoms with E-state index in [0.29, 0.717) is 11.8 Å². The van der Waals surface area contributed by atoms with Crippen molar-refractivity contribution in [3.8, 4) is 0 Å². The number of carboxylic acid groups (broad SMARTS) is 1. The van der Waals surface area contributed by atoms with Crippen molar-refractivity contribution in [2.75, 3.05) is 0 Å². The van der Waals surface area contributed by atoms with Gasteiger partial charge in [0, 0.05) is 23.5 Å². The summed E-state index contributed by atoms with van der Waals surface area (Å²) in [5.41, 5.74) is 1.60. The fourth-order valence-electron chi connectivity index (χ4n) is 2.05. The average molecular weight is 235 g/mol. The highest BCUT2D eigenvalue weighted by Gasteiger charge is 2.15. The second kappa shape index (κ2) is 4.57. The highest BCUT2D eigenvalue weighted by Crippen LogP contribution is 2.30. The molecule has 0 saturated carbocycles. The maximum Gasteiger partial charge on any atom is 0.303 e. The van der Waals surface area contributed by atoms with E-state index >= 15 is 0 Å². The molecule has 1 aromatic heterocycles. The minimum absolute atomic E-state index is 0.0248. The second-order valence-electron chi connectivity index (χ2n) is 4.24. The summed E-state index contributed by atoms with van der Waals surface area (Å²) in [7, 11) is 0. The van der Waals surface area contributed by atoms with Crippen LogP contribution >= 0.6 is 0 Å². The van der Waals surface area contributed by atoms with E-state index in [9.17, 15) is 9.18 Å². The number of aromatic nitrogens is 1. The van der Waals surface area contributed by atoms with Crippen molar-refractivity contribution in [2.45, 2.75) is 25.7 Å². The lowest BCUT2D eigenvalue weighted by atomic mass is 9.95. The summed E-state index contributed by atoms with van der Waals surface area (Å²) in [5.74, 6) is -1.06. The van der Waals surface area contributed by atoms with Gasteiger partial charge in [0.15, 0.2) is 0 Å². The molecule has 2 aromatic rings. The monoisotopic (exact) mass is 235 g/mol. The van der Waals surface area contributed by atoms with Crippen molar-refractivity contribution in [2.24, 2.45) is 0 Å². The highest BCUT2D eigenvalue weighted by atomic mass is 19.1. The molecule has 0 fully saturated rings. The molecule has 1 heterocycles. The third kappa shape index (κ3) is 2.30. The van der Waals surface area contributed by atoms with Gasteiger partial charge in [-0.2, -0.15) is 0 Å². The molecule has 0 spiro atoms. The normalized spacial score (nSPS) is 12.8. The molecule has 1 atom stereocenters. The van der Waals surface area contributed by atoms with Crippen molar-refractivity contribution >= 4 is 16.9 Å². The summed E-state index contributed by atoms with van der Waals surface area (Å²) in [6.45, 7) is 1.91. The molecular formula is C13H14FNO2. The zero-order chi connectivity index (χ0) is 12.4. The third-order valence-corrected chi connectivity index (χ3v) is 3.01. The standard InChI is InChI=1S/C13H14FNO2/c1-8(5-6-12(16)17)9-7-15-11-4-2-3-10(14)13(9)11/h2-4,7-8,15H,5-6H2,1H3,(H,16,17). The first kappa shape index (κ1) is 11.6. The molecule has 2 rings (SSSR count). The molecule has 0 amide bonds. The van der Waals surface area contributed by atoms with Crippen molar-refractivity contribution in [3.63, 3.8) is 0 Å². The Kier molecular flexibility index (Phi) is 3.13. The molecule has 0 saturated heterocycles. The zero-order valence-corrected chi connectivity index (χ0v) is 9.53. The number of benzene rings is 1. The Hall–Kier alpha value is -1.84. The van der Waals surface area contributed by atoms with Crippen LogP contribution in [0.4, 0.5) is 4.39 Å². The molecule has 1 unspecified atom stereocenters. The van der Waals surface area contributed by atoms with Gasteiger partial charge in [-0.05, 0) is 30.0 Å². The minimum Gasteiger partial charge on any atom is -0.481 e. The molecule has 0 radical (unpaired) electrons. The lowest BCUT2D eigenvalue weighted by molar-refractivity contribution is -0.137. The number of rotatable bonds is 4. The van der Waals surface area contributed by atoms with Crippen molar-refractivity contribution in [3.05, 3.63) is 35.8 Å². The number of fused-ring (bicyclic) bond motifs is 1. The van der Waals surface area contributed by atoms with E-state index in [1.165, 1.54) is 6.07 Å². The van der Waals surface area contributed by atoms with Gasteiger partial charge in [0.25, 0.3) is 0 Å². The van der Waals surface area contributed by atoms with Gasteiger partial charge in [-0.15, -0.1) is 0 Å². The molecule has 0 aliphatic heterocycles. The first-order valence-corrected chi connectivity index (χ1v) is 5.57. The van der Waals surface area contributed by atoms with E-state index in [2.05, 4.69) is 4.98 Å². The van der Waals surface area contributed by atoms with Gasteiger partial charge < -0.3 is 10.1 Å². The molecule has 1 aromatic carbocycles. The van der Waals surface area contributed by atoms with Crippen LogP contribution in [-0.2, 0) is 4.79 Å². The Balaban J connectivity index is 2.32. The van der Waals surface area contributed by atoms with Crippen molar-refractivity contribution in [1.82, 2.24) is 4.98 Å². The smallest absolute Gasteiger partial charge is 0.303 e. The topological polar surface area (TPSA) is 53.1 Å². The molecule has 4 heteroatoms. The highest BCUT2D eigenvalue weighted by molar-refractivity contribution is 5.84. The minimum atomic E-state index is -0.822. The van der Waals surface area contributed by atoms with E-state index < -0.39 is 5.97 Å². The van der Waals surface area contributed by atoms with E-state index in [1.807, 2.05) is 13.0 Å². The van der Waals surface area contributed by atoms with E-state index in [0.717, 1.165) is 11.1 Å². The number of H-pyrrole nitrogens is 1. The fourth-order valence-corrected chi connectivity index (χ4v) is 2.05. The van der Waals surface area contributed by atoms with Gasteiger partial charge in [0.2, 0.25) is 0 Å². The molecule has 0 bridgehead atoms.